The van der Waals surface area contributed by atoms with Gasteiger partial charge in [0.2, 0.25) is 0 Å². The molecule has 150 valence electrons. The highest BCUT2D eigenvalue weighted by molar-refractivity contribution is 8.18. The van der Waals surface area contributed by atoms with Crippen molar-refractivity contribution >= 4 is 46.3 Å². The molecule has 1 N–H and O–H groups in total. The fourth-order valence-electron chi connectivity index (χ4n) is 2.65. The Morgan fingerprint density at radius 1 is 1.28 bits per heavy atom. The highest BCUT2D eigenvalue weighted by Gasteiger charge is 2.35. The summed E-state index contributed by atoms with van der Waals surface area (Å²) < 4.78 is 5.23. The quantitative estimate of drug-likeness (QED) is 0.402. The maximum absolute atomic E-state index is 12.7. The number of nitrogens with zero attached hydrogens (tertiary/aromatic N) is 2. The molecule has 2 amide bonds. The summed E-state index contributed by atoms with van der Waals surface area (Å²) in [6, 6.07) is 8.93. The van der Waals surface area contributed by atoms with Crippen LogP contribution in [0.3, 0.4) is 0 Å². The van der Waals surface area contributed by atoms with Gasteiger partial charge in [0, 0.05) is 16.7 Å². The van der Waals surface area contributed by atoms with E-state index in [2.05, 4.69) is 0 Å². The number of nitro groups is 1. The third-order valence-electron chi connectivity index (χ3n) is 4.01. The second-order valence-corrected chi connectivity index (χ2v) is 7.40. The zero-order valence-corrected chi connectivity index (χ0v) is 16.7. The van der Waals surface area contributed by atoms with E-state index in [9.17, 15) is 24.8 Å². The molecule has 2 aromatic carbocycles. The summed E-state index contributed by atoms with van der Waals surface area (Å²) in [4.78, 5) is 36.6. The molecule has 2 aromatic rings. The minimum absolute atomic E-state index is 0.0136. The average Bonchev–Trinajstić information content (AvgIpc) is 2.94. The van der Waals surface area contributed by atoms with Gasteiger partial charge in [0.15, 0.2) is 11.5 Å². The molecule has 1 aliphatic heterocycles. The molecule has 3 rings (SSSR count). The fraction of sp³-hybridized carbons (Fsp3) is 0.158. The largest absolute Gasteiger partial charge is 0.504 e. The molecule has 1 fully saturated rings. The lowest BCUT2D eigenvalue weighted by atomic mass is 10.1. The number of rotatable bonds is 6. The Kier molecular flexibility index (Phi) is 6.09. The molecule has 8 nitrogen and oxygen atoms in total. The lowest BCUT2D eigenvalue weighted by Crippen LogP contribution is -2.27. The van der Waals surface area contributed by atoms with Gasteiger partial charge < -0.3 is 9.84 Å². The maximum Gasteiger partial charge on any atom is 0.293 e. The Balaban J connectivity index is 1.92. The van der Waals surface area contributed by atoms with E-state index >= 15 is 0 Å². The van der Waals surface area contributed by atoms with Crippen molar-refractivity contribution in [2.24, 2.45) is 0 Å². The van der Waals surface area contributed by atoms with Gasteiger partial charge in [0.05, 0.1) is 29.0 Å². The van der Waals surface area contributed by atoms with Crippen LogP contribution in [0.5, 0.6) is 11.5 Å². The summed E-state index contributed by atoms with van der Waals surface area (Å²) in [6.45, 7) is 1.91. The van der Waals surface area contributed by atoms with E-state index in [4.69, 9.17) is 16.3 Å². The molecule has 0 radical (unpaired) electrons. The van der Waals surface area contributed by atoms with Gasteiger partial charge in [-0.25, -0.2) is 0 Å². The number of carbonyl (C=O) groups excluding carboxylic acids is 2. The Morgan fingerprint density at radius 3 is 2.59 bits per heavy atom. The van der Waals surface area contributed by atoms with Gasteiger partial charge >= 0.3 is 0 Å². The molecule has 1 heterocycles. The number of thioether (sulfide) groups is 1. The van der Waals surface area contributed by atoms with Crippen LogP contribution in [0.4, 0.5) is 10.5 Å². The summed E-state index contributed by atoms with van der Waals surface area (Å²) in [5.74, 6) is -0.978. The van der Waals surface area contributed by atoms with Crippen molar-refractivity contribution < 1.29 is 24.4 Å². The number of non-ortho nitro benzene ring substituents is 1. The van der Waals surface area contributed by atoms with E-state index in [1.807, 2.05) is 0 Å². The fourth-order valence-corrected chi connectivity index (χ4v) is 3.60. The van der Waals surface area contributed by atoms with Crippen LogP contribution < -0.4 is 4.74 Å². The van der Waals surface area contributed by atoms with Crippen LogP contribution in [-0.4, -0.2) is 32.7 Å². The first-order valence-electron chi connectivity index (χ1n) is 8.44. The first-order chi connectivity index (χ1) is 13.8. The Bertz CT molecular complexity index is 1020. The molecule has 0 aromatic heterocycles. The molecular formula is C19H15ClN2O6S. The summed E-state index contributed by atoms with van der Waals surface area (Å²) in [5, 5.41) is 21.6. The standard InChI is InChI=1S/C19H15ClN2O6S/c1-2-28-15-9-14(22(26)27)7-12(17(15)23)8-16-18(24)21(19(25)29-16)10-11-3-5-13(20)6-4-11/h3-9,23H,2,10H2,1H3/b16-8-. The monoisotopic (exact) mass is 434 g/mol. The zero-order valence-electron chi connectivity index (χ0n) is 15.1. The number of amides is 2. The van der Waals surface area contributed by atoms with Crippen LogP contribution in [-0.2, 0) is 11.3 Å². The number of carbonyl (C=O) groups is 2. The third kappa shape index (κ3) is 4.52. The summed E-state index contributed by atoms with van der Waals surface area (Å²) >= 11 is 6.53. The number of aromatic hydroxyl groups is 1. The summed E-state index contributed by atoms with van der Waals surface area (Å²) in [5.41, 5.74) is 0.423. The van der Waals surface area contributed by atoms with Crippen molar-refractivity contribution in [3.63, 3.8) is 0 Å². The molecular weight excluding hydrogens is 420 g/mol. The predicted molar refractivity (Wildman–Crippen MR) is 109 cm³/mol. The highest BCUT2D eigenvalue weighted by atomic mass is 35.5. The SMILES string of the molecule is CCOc1cc([N+](=O)[O-])cc(/C=C2\SC(=O)N(Cc3ccc(Cl)cc3)C2=O)c1O. The van der Waals surface area contributed by atoms with Crippen LogP contribution in [0.1, 0.15) is 18.1 Å². The van der Waals surface area contributed by atoms with Crippen LogP contribution >= 0.6 is 23.4 Å². The molecule has 0 atom stereocenters. The molecule has 0 spiro atoms. The molecule has 0 saturated carbocycles. The average molecular weight is 435 g/mol. The highest BCUT2D eigenvalue weighted by Crippen LogP contribution is 2.39. The molecule has 1 saturated heterocycles. The van der Waals surface area contributed by atoms with Gasteiger partial charge in [-0.3, -0.25) is 24.6 Å². The van der Waals surface area contributed by atoms with Crippen molar-refractivity contribution in [2.45, 2.75) is 13.5 Å². The number of ether oxygens (including phenoxy) is 1. The van der Waals surface area contributed by atoms with E-state index in [1.165, 1.54) is 6.08 Å². The van der Waals surface area contributed by atoms with Crippen molar-refractivity contribution in [3.8, 4) is 11.5 Å². The van der Waals surface area contributed by atoms with E-state index in [-0.39, 0.29) is 40.8 Å². The van der Waals surface area contributed by atoms with E-state index in [0.29, 0.717) is 16.8 Å². The van der Waals surface area contributed by atoms with Crippen molar-refractivity contribution in [2.75, 3.05) is 6.61 Å². The predicted octanol–water partition coefficient (Wildman–Crippen LogP) is 4.59. The topological polar surface area (TPSA) is 110 Å². The van der Waals surface area contributed by atoms with Gasteiger partial charge in [-0.1, -0.05) is 23.7 Å². The van der Waals surface area contributed by atoms with Crippen LogP contribution in [0, 0.1) is 10.1 Å². The second kappa shape index (κ2) is 8.54. The smallest absolute Gasteiger partial charge is 0.293 e. The van der Waals surface area contributed by atoms with Gasteiger partial charge in [0.1, 0.15) is 0 Å². The van der Waals surface area contributed by atoms with Gasteiger partial charge in [-0.05, 0) is 42.5 Å². The first kappa shape index (κ1) is 20.7. The van der Waals surface area contributed by atoms with Crippen molar-refractivity contribution in [1.82, 2.24) is 4.90 Å². The lowest BCUT2D eigenvalue weighted by Gasteiger charge is -2.12. The Morgan fingerprint density at radius 2 is 1.97 bits per heavy atom. The maximum atomic E-state index is 12.7. The van der Waals surface area contributed by atoms with Crippen molar-refractivity contribution in [3.05, 3.63) is 67.6 Å². The molecule has 0 bridgehead atoms. The lowest BCUT2D eigenvalue weighted by molar-refractivity contribution is -0.385. The number of hydrogen-bond acceptors (Lipinski definition) is 7. The summed E-state index contributed by atoms with van der Waals surface area (Å²) in [7, 11) is 0. The van der Waals surface area contributed by atoms with Crippen molar-refractivity contribution in [1.29, 1.82) is 0 Å². The number of benzene rings is 2. The van der Waals surface area contributed by atoms with E-state index in [0.717, 1.165) is 22.6 Å². The molecule has 0 unspecified atom stereocenters. The van der Waals surface area contributed by atoms with Crippen LogP contribution in [0.15, 0.2) is 41.3 Å². The van der Waals surface area contributed by atoms with Gasteiger partial charge in [0.25, 0.3) is 16.8 Å². The Hall–Kier alpha value is -3.04. The number of nitro benzene ring substituents is 1. The molecule has 1 aliphatic rings. The molecule has 10 heteroatoms. The van der Waals surface area contributed by atoms with E-state index < -0.39 is 16.1 Å². The first-order valence-corrected chi connectivity index (χ1v) is 9.63. The number of halogens is 1. The number of phenolic OH excluding ortho intramolecular Hbond substituents is 1. The second-order valence-electron chi connectivity index (χ2n) is 5.97. The minimum atomic E-state index is -0.633. The molecule has 29 heavy (non-hydrogen) atoms. The third-order valence-corrected chi connectivity index (χ3v) is 5.17. The van der Waals surface area contributed by atoms with Crippen LogP contribution in [0.2, 0.25) is 5.02 Å². The zero-order chi connectivity index (χ0) is 21.1. The van der Waals surface area contributed by atoms with Gasteiger partial charge in [-0.15, -0.1) is 0 Å². The summed E-state index contributed by atoms with van der Waals surface area (Å²) in [6.07, 6.45) is 1.25. The van der Waals surface area contributed by atoms with E-state index in [1.54, 1.807) is 31.2 Å². The number of phenols is 1. The minimum Gasteiger partial charge on any atom is -0.504 e. The molecule has 0 aliphatic carbocycles. The van der Waals surface area contributed by atoms with Gasteiger partial charge in [-0.2, -0.15) is 0 Å². The Labute approximate surface area is 174 Å². The number of hydrogen-bond donors (Lipinski definition) is 1. The number of imide groups is 1. The van der Waals surface area contributed by atoms with Crippen LogP contribution in [0.25, 0.3) is 6.08 Å². The normalized spacial score (nSPS) is 15.2.